The quantitative estimate of drug-likeness (QED) is 0.893. The van der Waals surface area contributed by atoms with E-state index in [1.54, 1.807) is 19.2 Å². The Morgan fingerprint density at radius 3 is 2.70 bits per heavy atom. The van der Waals surface area contributed by atoms with Gasteiger partial charge in [-0.2, -0.15) is 0 Å². The van der Waals surface area contributed by atoms with Gasteiger partial charge in [0, 0.05) is 5.56 Å². The van der Waals surface area contributed by atoms with Crippen LogP contribution in [0.1, 0.15) is 29.0 Å². The average molecular weight is 271 g/mol. The lowest BCUT2D eigenvalue weighted by Gasteiger charge is -2.17. The van der Waals surface area contributed by atoms with Crippen LogP contribution in [0.4, 0.5) is 5.69 Å². The van der Waals surface area contributed by atoms with Crippen molar-refractivity contribution in [3.63, 3.8) is 0 Å². The number of carbonyl (C=O) groups is 1. The maximum Gasteiger partial charge on any atom is 0.270 e. The highest BCUT2D eigenvalue weighted by Gasteiger charge is 2.15. The summed E-state index contributed by atoms with van der Waals surface area (Å²) in [7, 11) is 1.61. The second kappa shape index (κ2) is 6.06. The minimum absolute atomic E-state index is 0.182. The number of amides is 1. The molecule has 0 aliphatic heterocycles. The van der Waals surface area contributed by atoms with E-state index < -0.39 is 0 Å². The van der Waals surface area contributed by atoms with Crippen LogP contribution in [0.2, 0.25) is 0 Å². The van der Waals surface area contributed by atoms with E-state index in [2.05, 4.69) is 10.3 Å². The number of nitrogens with one attached hydrogen (secondary N) is 1. The highest BCUT2D eigenvalue weighted by molar-refractivity contribution is 5.92. The fraction of sp³-hybridized carbons (Fsp3) is 0.200. The number of hydrogen-bond acceptors (Lipinski definition) is 4. The Morgan fingerprint density at radius 1 is 1.30 bits per heavy atom. The number of benzene rings is 1. The van der Waals surface area contributed by atoms with Gasteiger partial charge in [-0.3, -0.25) is 4.79 Å². The molecule has 1 atom stereocenters. The summed E-state index contributed by atoms with van der Waals surface area (Å²) in [6.45, 7) is 1.90. The van der Waals surface area contributed by atoms with Gasteiger partial charge in [0.15, 0.2) is 0 Å². The second-order valence-corrected chi connectivity index (χ2v) is 4.41. The third-order valence-corrected chi connectivity index (χ3v) is 2.97. The number of nitrogens with zero attached hydrogens (tertiary/aromatic N) is 1. The summed E-state index contributed by atoms with van der Waals surface area (Å²) in [6.07, 6.45) is 1.46. The van der Waals surface area contributed by atoms with Crippen molar-refractivity contribution in [2.45, 2.75) is 13.0 Å². The van der Waals surface area contributed by atoms with Gasteiger partial charge in [-0.25, -0.2) is 4.98 Å². The lowest BCUT2D eigenvalue weighted by molar-refractivity contribution is 0.0934. The number of methoxy groups -OCH3 is 1. The Labute approximate surface area is 117 Å². The smallest absolute Gasteiger partial charge is 0.270 e. The zero-order valence-electron chi connectivity index (χ0n) is 11.5. The molecule has 1 aromatic heterocycles. The molecule has 0 radical (unpaired) electrons. The fourth-order valence-electron chi connectivity index (χ4n) is 1.91. The standard InChI is InChI=1S/C15H17N3O2/c1-10(12-5-3-4-6-14(12)20-2)18-15(19)13-8-7-11(16)9-17-13/h3-10H,16H2,1-2H3,(H,18,19). The Hall–Kier alpha value is -2.56. The van der Waals surface area contributed by atoms with Gasteiger partial charge in [0.2, 0.25) is 0 Å². The van der Waals surface area contributed by atoms with Gasteiger partial charge in [0.05, 0.1) is 25.0 Å². The number of nitrogens with two attached hydrogens (primary N) is 1. The van der Waals surface area contributed by atoms with Crippen LogP contribution in [-0.2, 0) is 0 Å². The van der Waals surface area contributed by atoms with Gasteiger partial charge >= 0.3 is 0 Å². The molecule has 0 aliphatic carbocycles. The Morgan fingerprint density at radius 2 is 2.05 bits per heavy atom. The van der Waals surface area contributed by atoms with Crippen LogP contribution >= 0.6 is 0 Å². The molecule has 5 nitrogen and oxygen atoms in total. The van der Waals surface area contributed by atoms with Crippen molar-refractivity contribution in [1.29, 1.82) is 0 Å². The number of aromatic nitrogens is 1. The van der Waals surface area contributed by atoms with E-state index in [1.807, 2.05) is 31.2 Å². The molecular weight excluding hydrogens is 254 g/mol. The first-order valence-electron chi connectivity index (χ1n) is 6.27. The molecule has 0 fully saturated rings. The maximum atomic E-state index is 12.1. The lowest BCUT2D eigenvalue weighted by Crippen LogP contribution is -2.27. The van der Waals surface area contributed by atoms with Crippen LogP contribution in [0.15, 0.2) is 42.6 Å². The van der Waals surface area contributed by atoms with E-state index in [-0.39, 0.29) is 11.9 Å². The highest BCUT2D eigenvalue weighted by atomic mass is 16.5. The van der Waals surface area contributed by atoms with Gasteiger partial charge in [0.1, 0.15) is 11.4 Å². The number of hydrogen-bond donors (Lipinski definition) is 2. The van der Waals surface area contributed by atoms with E-state index >= 15 is 0 Å². The van der Waals surface area contributed by atoms with Crippen molar-refractivity contribution in [3.05, 3.63) is 53.9 Å². The minimum Gasteiger partial charge on any atom is -0.496 e. The van der Waals surface area contributed by atoms with Crippen molar-refractivity contribution in [2.24, 2.45) is 0 Å². The van der Waals surface area contributed by atoms with E-state index in [1.165, 1.54) is 6.20 Å². The van der Waals surface area contributed by atoms with Gasteiger partial charge < -0.3 is 15.8 Å². The van der Waals surface area contributed by atoms with Crippen LogP contribution in [0.5, 0.6) is 5.75 Å². The predicted molar refractivity (Wildman–Crippen MR) is 77.5 cm³/mol. The maximum absolute atomic E-state index is 12.1. The minimum atomic E-state index is -0.247. The number of ether oxygens (including phenoxy) is 1. The number of para-hydroxylation sites is 1. The summed E-state index contributed by atoms with van der Waals surface area (Å²) in [5, 5.41) is 2.88. The monoisotopic (exact) mass is 271 g/mol. The van der Waals surface area contributed by atoms with Crippen molar-refractivity contribution >= 4 is 11.6 Å². The largest absolute Gasteiger partial charge is 0.496 e. The van der Waals surface area contributed by atoms with Gasteiger partial charge in [-0.15, -0.1) is 0 Å². The van der Waals surface area contributed by atoms with E-state index in [4.69, 9.17) is 10.5 Å². The van der Waals surface area contributed by atoms with Crippen LogP contribution < -0.4 is 15.8 Å². The lowest BCUT2D eigenvalue weighted by atomic mass is 10.1. The molecule has 5 heteroatoms. The molecule has 1 heterocycles. The fourth-order valence-corrected chi connectivity index (χ4v) is 1.91. The SMILES string of the molecule is COc1ccccc1C(C)NC(=O)c1ccc(N)cn1. The molecule has 0 saturated carbocycles. The molecule has 0 spiro atoms. The second-order valence-electron chi connectivity index (χ2n) is 4.41. The van der Waals surface area contributed by atoms with Gasteiger partial charge in [-0.1, -0.05) is 18.2 Å². The van der Waals surface area contributed by atoms with E-state index in [9.17, 15) is 4.79 Å². The van der Waals surface area contributed by atoms with Crippen molar-refractivity contribution in [1.82, 2.24) is 10.3 Å². The summed E-state index contributed by atoms with van der Waals surface area (Å²) < 4.78 is 5.29. The van der Waals surface area contributed by atoms with Crippen LogP contribution in [0.25, 0.3) is 0 Å². The summed E-state index contributed by atoms with van der Waals surface area (Å²) in [5.74, 6) is 0.494. The molecule has 3 N–H and O–H groups in total. The topological polar surface area (TPSA) is 77.2 Å². The van der Waals surface area contributed by atoms with Crippen molar-refractivity contribution in [2.75, 3.05) is 12.8 Å². The van der Waals surface area contributed by atoms with Gasteiger partial charge in [-0.05, 0) is 25.1 Å². The summed E-state index contributed by atoms with van der Waals surface area (Å²) in [4.78, 5) is 16.1. The molecule has 0 bridgehead atoms. The van der Waals surface area contributed by atoms with Crippen molar-refractivity contribution in [3.8, 4) is 5.75 Å². The Balaban J connectivity index is 2.13. The summed E-state index contributed by atoms with van der Waals surface area (Å²) in [5.41, 5.74) is 7.32. The number of anilines is 1. The average Bonchev–Trinajstić information content (AvgIpc) is 2.47. The molecule has 104 valence electrons. The molecule has 0 aliphatic rings. The third-order valence-electron chi connectivity index (χ3n) is 2.97. The Bertz CT molecular complexity index is 596. The molecular formula is C15H17N3O2. The van der Waals surface area contributed by atoms with Crippen LogP contribution in [0.3, 0.4) is 0 Å². The Kier molecular flexibility index (Phi) is 4.20. The van der Waals surface area contributed by atoms with Crippen LogP contribution in [0, 0.1) is 0 Å². The summed E-state index contributed by atoms with van der Waals surface area (Å²) in [6, 6.07) is 10.6. The number of carbonyl (C=O) groups excluding carboxylic acids is 1. The molecule has 1 aromatic carbocycles. The molecule has 20 heavy (non-hydrogen) atoms. The number of rotatable bonds is 4. The van der Waals surface area contributed by atoms with Crippen molar-refractivity contribution < 1.29 is 9.53 Å². The first-order chi connectivity index (χ1) is 9.61. The van der Waals surface area contributed by atoms with Crippen LogP contribution in [-0.4, -0.2) is 18.0 Å². The normalized spacial score (nSPS) is 11.7. The van der Waals surface area contributed by atoms with Gasteiger partial charge in [0.25, 0.3) is 5.91 Å². The number of pyridine rings is 1. The molecule has 1 amide bonds. The molecule has 1 unspecified atom stereocenters. The first kappa shape index (κ1) is 13.9. The van der Waals surface area contributed by atoms with E-state index in [0.29, 0.717) is 11.4 Å². The van der Waals surface area contributed by atoms with E-state index in [0.717, 1.165) is 11.3 Å². The zero-order chi connectivity index (χ0) is 14.5. The zero-order valence-corrected chi connectivity index (χ0v) is 11.5. The molecule has 2 aromatic rings. The first-order valence-corrected chi connectivity index (χ1v) is 6.27. The third kappa shape index (κ3) is 3.06. The summed E-state index contributed by atoms with van der Waals surface area (Å²) >= 11 is 0. The number of nitrogen functional groups attached to an aromatic ring is 1. The predicted octanol–water partition coefficient (Wildman–Crippen LogP) is 2.16. The highest BCUT2D eigenvalue weighted by Crippen LogP contribution is 2.24. The molecule has 0 saturated heterocycles. The molecule has 2 rings (SSSR count).